The lowest BCUT2D eigenvalue weighted by Crippen LogP contribution is -2.06. The molecule has 4 rings (SSSR count). The summed E-state index contributed by atoms with van der Waals surface area (Å²) in [5.74, 6) is 0. The fraction of sp³-hybridized carbons (Fsp3) is 0.0952. The van der Waals surface area contributed by atoms with E-state index >= 15 is 0 Å². The lowest BCUT2D eigenvalue weighted by atomic mass is 10.0. The van der Waals surface area contributed by atoms with Gasteiger partial charge in [0.2, 0.25) is 0 Å². The third kappa shape index (κ3) is 3.49. The number of hydrogen-bond donors (Lipinski definition) is 0. The van der Waals surface area contributed by atoms with Gasteiger partial charge in [0.1, 0.15) is 5.52 Å². The van der Waals surface area contributed by atoms with Gasteiger partial charge in [-0.05, 0) is 23.8 Å². The summed E-state index contributed by atoms with van der Waals surface area (Å²) < 4.78 is 43.0. The van der Waals surface area contributed by atoms with E-state index in [9.17, 15) is 13.2 Å². The average molecular weight is 431 g/mol. The molecule has 3 aromatic carbocycles. The van der Waals surface area contributed by atoms with Crippen molar-refractivity contribution in [1.29, 1.82) is 0 Å². The van der Waals surface area contributed by atoms with Crippen LogP contribution in [0.2, 0.25) is 0 Å². The van der Waals surface area contributed by atoms with Crippen LogP contribution in [0.3, 0.4) is 0 Å². The molecule has 136 valence electrons. The van der Waals surface area contributed by atoms with Gasteiger partial charge in [0.25, 0.3) is 0 Å². The third-order valence-corrected chi connectivity index (χ3v) is 4.90. The second-order valence-corrected chi connectivity index (χ2v) is 7.11. The summed E-state index contributed by atoms with van der Waals surface area (Å²) in [7, 11) is 0. The molecule has 0 N–H and O–H groups in total. The monoisotopic (exact) mass is 430 g/mol. The van der Waals surface area contributed by atoms with Crippen molar-refractivity contribution in [2.75, 3.05) is 0 Å². The van der Waals surface area contributed by atoms with Crippen LogP contribution < -0.4 is 0 Å². The molecule has 0 fully saturated rings. The van der Waals surface area contributed by atoms with E-state index in [1.807, 2.05) is 54.6 Å². The summed E-state index contributed by atoms with van der Waals surface area (Å²) in [5, 5.41) is 4.85. The Morgan fingerprint density at radius 3 is 2.22 bits per heavy atom. The maximum atomic E-state index is 13.5. The Hall–Kier alpha value is -2.60. The molecule has 4 aromatic rings. The van der Waals surface area contributed by atoms with E-state index in [0.717, 1.165) is 21.7 Å². The van der Waals surface area contributed by atoms with Crippen molar-refractivity contribution in [3.8, 4) is 11.3 Å². The molecule has 27 heavy (non-hydrogen) atoms. The SMILES string of the molecule is FC(F)(F)c1cccc2c(-c3ccccc3)n(Cc3ccc(Br)cc3)nc12. The maximum Gasteiger partial charge on any atom is 0.418 e. The van der Waals surface area contributed by atoms with Gasteiger partial charge in [-0.25, -0.2) is 0 Å². The number of aromatic nitrogens is 2. The number of alkyl halides is 3. The van der Waals surface area contributed by atoms with Gasteiger partial charge in [0, 0.05) is 15.4 Å². The Morgan fingerprint density at radius 2 is 1.56 bits per heavy atom. The van der Waals surface area contributed by atoms with Gasteiger partial charge in [0.05, 0.1) is 17.8 Å². The van der Waals surface area contributed by atoms with E-state index in [-0.39, 0.29) is 5.52 Å². The Labute approximate surface area is 162 Å². The molecule has 0 radical (unpaired) electrons. The topological polar surface area (TPSA) is 17.8 Å². The van der Waals surface area contributed by atoms with E-state index in [0.29, 0.717) is 17.6 Å². The summed E-state index contributed by atoms with van der Waals surface area (Å²) in [6.45, 7) is 0.378. The van der Waals surface area contributed by atoms with Crippen LogP contribution in [0.5, 0.6) is 0 Å². The highest BCUT2D eigenvalue weighted by atomic mass is 79.9. The Morgan fingerprint density at radius 1 is 0.852 bits per heavy atom. The van der Waals surface area contributed by atoms with Gasteiger partial charge in [-0.15, -0.1) is 0 Å². The van der Waals surface area contributed by atoms with Gasteiger partial charge in [-0.2, -0.15) is 18.3 Å². The van der Waals surface area contributed by atoms with E-state index < -0.39 is 11.7 Å². The fourth-order valence-corrected chi connectivity index (χ4v) is 3.42. The summed E-state index contributed by atoms with van der Waals surface area (Å²) in [6.07, 6.45) is -4.45. The number of benzene rings is 3. The smallest absolute Gasteiger partial charge is 0.259 e. The van der Waals surface area contributed by atoms with E-state index in [2.05, 4.69) is 21.0 Å². The zero-order valence-corrected chi connectivity index (χ0v) is 15.6. The van der Waals surface area contributed by atoms with Crippen LogP contribution in [0.15, 0.2) is 77.3 Å². The molecule has 2 nitrogen and oxygen atoms in total. The average Bonchev–Trinajstić information content (AvgIpc) is 3.01. The van der Waals surface area contributed by atoms with Gasteiger partial charge >= 0.3 is 6.18 Å². The van der Waals surface area contributed by atoms with E-state index in [1.165, 1.54) is 6.07 Å². The number of hydrogen-bond acceptors (Lipinski definition) is 1. The normalized spacial score (nSPS) is 11.9. The molecule has 1 heterocycles. The predicted octanol–water partition coefficient (Wildman–Crippen LogP) is 6.53. The summed E-state index contributed by atoms with van der Waals surface area (Å²) in [5.41, 5.74) is 1.72. The second-order valence-electron chi connectivity index (χ2n) is 6.20. The van der Waals surface area contributed by atoms with Crippen molar-refractivity contribution in [2.24, 2.45) is 0 Å². The van der Waals surface area contributed by atoms with Gasteiger partial charge in [-0.3, -0.25) is 4.68 Å². The van der Waals surface area contributed by atoms with Crippen LogP contribution in [-0.4, -0.2) is 9.78 Å². The fourth-order valence-electron chi connectivity index (χ4n) is 3.16. The highest BCUT2D eigenvalue weighted by Gasteiger charge is 2.34. The molecular weight excluding hydrogens is 417 g/mol. The van der Waals surface area contributed by atoms with Crippen molar-refractivity contribution in [3.63, 3.8) is 0 Å². The zero-order chi connectivity index (χ0) is 19.0. The Balaban J connectivity index is 1.95. The van der Waals surface area contributed by atoms with Crippen LogP contribution in [-0.2, 0) is 12.7 Å². The third-order valence-electron chi connectivity index (χ3n) is 4.37. The van der Waals surface area contributed by atoms with Crippen LogP contribution in [0, 0.1) is 0 Å². The van der Waals surface area contributed by atoms with Crippen LogP contribution in [0.4, 0.5) is 13.2 Å². The van der Waals surface area contributed by atoms with Crippen molar-refractivity contribution in [1.82, 2.24) is 9.78 Å². The number of rotatable bonds is 3. The first kappa shape index (κ1) is 17.8. The highest BCUT2D eigenvalue weighted by Crippen LogP contribution is 2.38. The molecule has 6 heteroatoms. The molecule has 0 atom stereocenters. The lowest BCUT2D eigenvalue weighted by Gasteiger charge is -2.08. The Bertz CT molecular complexity index is 1080. The molecule has 0 aliphatic carbocycles. The lowest BCUT2D eigenvalue weighted by molar-refractivity contribution is -0.136. The molecule has 0 bridgehead atoms. The number of halogens is 4. The number of fused-ring (bicyclic) bond motifs is 1. The maximum absolute atomic E-state index is 13.5. The minimum Gasteiger partial charge on any atom is -0.259 e. The van der Waals surface area contributed by atoms with Crippen LogP contribution >= 0.6 is 15.9 Å². The first-order chi connectivity index (χ1) is 12.9. The molecule has 0 aliphatic rings. The molecular formula is C21H14BrF3N2. The Kier molecular flexibility index (Phi) is 4.52. The van der Waals surface area contributed by atoms with Crippen molar-refractivity contribution >= 4 is 26.8 Å². The molecule has 0 aliphatic heterocycles. The molecule has 0 saturated heterocycles. The second kappa shape index (κ2) is 6.85. The molecule has 0 amide bonds. The van der Waals surface area contributed by atoms with Crippen LogP contribution in [0.1, 0.15) is 11.1 Å². The van der Waals surface area contributed by atoms with E-state index in [1.54, 1.807) is 10.7 Å². The molecule has 0 spiro atoms. The summed E-state index contributed by atoms with van der Waals surface area (Å²) in [4.78, 5) is 0. The van der Waals surface area contributed by atoms with Crippen LogP contribution in [0.25, 0.3) is 22.2 Å². The first-order valence-electron chi connectivity index (χ1n) is 8.30. The largest absolute Gasteiger partial charge is 0.418 e. The van der Waals surface area contributed by atoms with Crippen molar-refractivity contribution in [3.05, 3.63) is 88.4 Å². The minimum absolute atomic E-state index is 0.0269. The van der Waals surface area contributed by atoms with Gasteiger partial charge in [-0.1, -0.05) is 70.5 Å². The van der Waals surface area contributed by atoms with Gasteiger partial charge in [0.15, 0.2) is 0 Å². The van der Waals surface area contributed by atoms with Crippen molar-refractivity contribution in [2.45, 2.75) is 12.7 Å². The molecule has 1 aromatic heterocycles. The molecule has 0 unspecified atom stereocenters. The van der Waals surface area contributed by atoms with Gasteiger partial charge < -0.3 is 0 Å². The quantitative estimate of drug-likeness (QED) is 0.361. The minimum atomic E-state index is -4.45. The first-order valence-corrected chi connectivity index (χ1v) is 9.09. The van der Waals surface area contributed by atoms with Crippen molar-refractivity contribution < 1.29 is 13.2 Å². The summed E-state index contributed by atoms with van der Waals surface area (Å²) in [6, 6.07) is 21.2. The zero-order valence-electron chi connectivity index (χ0n) is 14.0. The summed E-state index contributed by atoms with van der Waals surface area (Å²) >= 11 is 3.39. The predicted molar refractivity (Wildman–Crippen MR) is 103 cm³/mol. The standard InChI is InChI=1S/C21H14BrF3N2/c22-16-11-9-14(10-12-16)13-27-20(15-5-2-1-3-6-15)17-7-4-8-18(19(17)26-27)21(23,24)25/h1-12H,13H2. The number of nitrogens with zero attached hydrogens (tertiary/aromatic N) is 2. The van der Waals surface area contributed by atoms with E-state index in [4.69, 9.17) is 0 Å². The highest BCUT2D eigenvalue weighted by molar-refractivity contribution is 9.10. The molecule has 0 saturated carbocycles.